The van der Waals surface area contributed by atoms with Crippen LogP contribution in [0.1, 0.15) is 26.2 Å². The van der Waals surface area contributed by atoms with Crippen LogP contribution >= 0.6 is 0 Å². The Morgan fingerprint density at radius 3 is 2.71 bits per heavy atom. The number of amides is 1. The molecule has 0 aliphatic carbocycles. The van der Waals surface area contributed by atoms with Crippen LogP contribution in [-0.2, 0) is 15.0 Å². The Hall–Kier alpha value is -0.660. The van der Waals surface area contributed by atoms with Crippen molar-refractivity contribution in [2.75, 3.05) is 26.2 Å². The zero-order valence-electron chi connectivity index (χ0n) is 10.1. The van der Waals surface area contributed by atoms with Gasteiger partial charge in [0.2, 0.25) is 5.91 Å². The summed E-state index contributed by atoms with van der Waals surface area (Å²) in [6.07, 6.45) is 2.89. The molecule has 0 radical (unpaired) electrons. The van der Waals surface area contributed by atoms with Crippen molar-refractivity contribution in [1.29, 1.82) is 0 Å². The highest BCUT2D eigenvalue weighted by molar-refractivity contribution is 7.86. The van der Waals surface area contributed by atoms with Gasteiger partial charge in [0.15, 0.2) is 0 Å². The highest BCUT2D eigenvalue weighted by atomic mass is 32.2. The van der Waals surface area contributed by atoms with Gasteiger partial charge in [-0.3, -0.25) is 4.79 Å². The molecule has 2 heterocycles. The van der Waals surface area contributed by atoms with Gasteiger partial charge in [-0.1, -0.05) is 6.42 Å². The Morgan fingerprint density at radius 2 is 2.06 bits per heavy atom. The molecule has 1 N–H and O–H groups in total. The first-order valence-electron chi connectivity index (χ1n) is 6.05. The maximum Gasteiger partial charge on any atom is 0.282 e. The molecule has 7 heteroatoms. The van der Waals surface area contributed by atoms with Gasteiger partial charge >= 0.3 is 0 Å². The lowest BCUT2D eigenvalue weighted by Crippen LogP contribution is -2.56. The Kier molecular flexibility index (Phi) is 3.70. The molecular formula is C10H19N3O3S. The monoisotopic (exact) mass is 261 g/mol. The molecule has 17 heavy (non-hydrogen) atoms. The number of carbonyl (C=O) groups excluding carboxylic acids is 1. The van der Waals surface area contributed by atoms with Crippen molar-refractivity contribution in [1.82, 2.24) is 13.9 Å². The summed E-state index contributed by atoms with van der Waals surface area (Å²) >= 11 is 0. The Labute approximate surface area is 102 Å². The van der Waals surface area contributed by atoms with E-state index in [9.17, 15) is 13.2 Å². The van der Waals surface area contributed by atoms with E-state index in [0.717, 1.165) is 19.3 Å². The number of piperazine rings is 1. The highest BCUT2D eigenvalue weighted by Gasteiger charge is 2.36. The summed E-state index contributed by atoms with van der Waals surface area (Å²) in [7, 11) is -3.46. The standard InChI is InChI=1S/C10H19N3O3S/c1-9-4-2-3-6-13(9)17(15,16)12-7-5-11-10(14)8-12/h9H,2-8H2,1H3,(H,11,14). The summed E-state index contributed by atoms with van der Waals surface area (Å²) in [5, 5.41) is 2.63. The second kappa shape index (κ2) is 4.91. The normalized spacial score (nSPS) is 29.0. The maximum atomic E-state index is 12.4. The van der Waals surface area contributed by atoms with E-state index < -0.39 is 10.2 Å². The van der Waals surface area contributed by atoms with Gasteiger partial charge in [0.1, 0.15) is 0 Å². The first kappa shape index (κ1) is 12.8. The third-order valence-electron chi connectivity index (χ3n) is 3.37. The zero-order valence-corrected chi connectivity index (χ0v) is 10.9. The van der Waals surface area contributed by atoms with Gasteiger partial charge in [-0.15, -0.1) is 0 Å². The Balaban J connectivity index is 2.14. The molecule has 0 bridgehead atoms. The first-order chi connectivity index (χ1) is 8.01. The topological polar surface area (TPSA) is 69.7 Å². The van der Waals surface area contributed by atoms with Crippen molar-refractivity contribution in [3.8, 4) is 0 Å². The van der Waals surface area contributed by atoms with Crippen LogP contribution in [0.25, 0.3) is 0 Å². The average molecular weight is 261 g/mol. The van der Waals surface area contributed by atoms with Crippen molar-refractivity contribution >= 4 is 16.1 Å². The van der Waals surface area contributed by atoms with Crippen LogP contribution < -0.4 is 5.32 Å². The molecule has 2 aliphatic rings. The number of rotatable bonds is 2. The van der Waals surface area contributed by atoms with Crippen LogP contribution in [0.2, 0.25) is 0 Å². The van der Waals surface area contributed by atoms with E-state index in [1.165, 1.54) is 8.61 Å². The molecule has 2 saturated heterocycles. The highest BCUT2D eigenvalue weighted by Crippen LogP contribution is 2.22. The molecule has 0 aromatic heterocycles. The van der Waals surface area contributed by atoms with Crippen LogP contribution in [0.3, 0.4) is 0 Å². The third kappa shape index (κ3) is 2.61. The van der Waals surface area contributed by atoms with E-state index in [1.54, 1.807) is 0 Å². The van der Waals surface area contributed by atoms with Gasteiger partial charge in [0.05, 0.1) is 6.54 Å². The lowest BCUT2D eigenvalue weighted by molar-refractivity contribution is -0.122. The average Bonchev–Trinajstić information content (AvgIpc) is 2.29. The number of nitrogens with one attached hydrogen (secondary N) is 1. The molecule has 1 unspecified atom stereocenters. The Morgan fingerprint density at radius 1 is 1.29 bits per heavy atom. The van der Waals surface area contributed by atoms with Gasteiger partial charge in [-0.2, -0.15) is 17.0 Å². The lowest BCUT2D eigenvalue weighted by Gasteiger charge is -2.37. The van der Waals surface area contributed by atoms with Crippen molar-refractivity contribution in [3.63, 3.8) is 0 Å². The van der Waals surface area contributed by atoms with Crippen LogP contribution in [0.15, 0.2) is 0 Å². The van der Waals surface area contributed by atoms with Gasteiger partial charge in [0, 0.05) is 25.7 Å². The molecule has 0 spiro atoms. The van der Waals surface area contributed by atoms with Crippen LogP contribution in [-0.4, -0.2) is 55.2 Å². The summed E-state index contributed by atoms with van der Waals surface area (Å²) in [6, 6.07) is 0.0405. The van der Waals surface area contributed by atoms with Gasteiger partial charge in [-0.05, 0) is 19.8 Å². The van der Waals surface area contributed by atoms with Gasteiger partial charge < -0.3 is 5.32 Å². The number of carbonyl (C=O) groups is 1. The number of hydrogen-bond donors (Lipinski definition) is 1. The van der Waals surface area contributed by atoms with Crippen LogP contribution in [0.5, 0.6) is 0 Å². The molecule has 0 aromatic rings. The summed E-state index contributed by atoms with van der Waals surface area (Å²) in [4.78, 5) is 11.2. The maximum absolute atomic E-state index is 12.4. The molecule has 2 fully saturated rings. The van der Waals surface area contributed by atoms with E-state index in [2.05, 4.69) is 5.32 Å². The SMILES string of the molecule is CC1CCCCN1S(=O)(=O)N1CCNC(=O)C1. The summed E-state index contributed by atoms with van der Waals surface area (Å²) in [5.74, 6) is -0.218. The fraction of sp³-hybridized carbons (Fsp3) is 0.900. The predicted octanol–water partition coefficient (Wildman–Crippen LogP) is -0.463. The van der Waals surface area contributed by atoms with Crippen molar-refractivity contribution in [2.45, 2.75) is 32.2 Å². The van der Waals surface area contributed by atoms with Gasteiger partial charge in [-0.25, -0.2) is 0 Å². The molecule has 0 saturated carbocycles. The largest absolute Gasteiger partial charge is 0.354 e. The van der Waals surface area contributed by atoms with E-state index in [1.807, 2.05) is 6.92 Å². The minimum absolute atomic E-state index is 0.0405. The molecule has 2 rings (SSSR count). The van der Waals surface area contributed by atoms with Crippen LogP contribution in [0.4, 0.5) is 0 Å². The first-order valence-corrected chi connectivity index (χ1v) is 7.45. The molecule has 1 amide bonds. The van der Waals surface area contributed by atoms with Gasteiger partial charge in [0.25, 0.3) is 10.2 Å². The number of hydrogen-bond acceptors (Lipinski definition) is 3. The minimum atomic E-state index is -3.46. The van der Waals surface area contributed by atoms with Crippen molar-refractivity contribution in [2.24, 2.45) is 0 Å². The minimum Gasteiger partial charge on any atom is -0.354 e. The summed E-state index contributed by atoms with van der Waals surface area (Å²) in [5.41, 5.74) is 0. The van der Waals surface area contributed by atoms with E-state index in [0.29, 0.717) is 19.6 Å². The quantitative estimate of drug-likeness (QED) is 0.731. The molecule has 98 valence electrons. The van der Waals surface area contributed by atoms with Crippen molar-refractivity contribution in [3.05, 3.63) is 0 Å². The van der Waals surface area contributed by atoms with Crippen LogP contribution in [0, 0.1) is 0 Å². The summed E-state index contributed by atoms with van der Waals surface area (Å²) in [6.45, 7) is 3.23. The Bertz CT molecular complexity index is 396. The van der Waals surface area contributed by atoms with E-state index in [4.69, 9.17) is 0 Å². The second-order valence-electron chi connectivity index (χ2n) is 4.65. The smallest absolute Gasteiger partial charge is 0.282 e. The van der Waals surface area contributed by atoms with E-state index >= 15 is 0 Å². The molecule has 1 atom stereocenters. The van der Waals surface area contributed by atoms with Crippen molar-refractivity contribution < 1.29 is 13.2 Å². The fourth-order valence-corrected chi connectivity index (χ4v) is 4.19. The molecule has 6 nitrogen and oxygen atoms in total. The molecule has 0 aromatic carbocycles. The van der Waals surface area contributed by atoms with E-state index in [-0.39, 0.29) is 18.5 Å². The third-order valence-corrected chi connectivity index (χ3v) is 5.47. The molecule has 2 aliphatic heterocycles. The lowest BCUT2D eigenvalue weighted by atomic mass is 10.1. The predicted molar refractivity (Wildman–Crippen MR) is 63.5 cm³/mol. The fourth-order valence-electron chi connectivity index (χ4n) is 2.37. The summed E-state index contributed by atoms with van der Waals surface area (Å²) < 4.78 is 27.6. The molecular weight excluding hydrogens is 242 g/mol. The number of piperidine rings is 1. The second-order valence-corrected chi connectivity index (χ2v) is 6.53. The number of nitrogens with zero attached hydrogens (tertiary/aromatic N) is 2. The zero-order chi connectivity index (χ0) is 12.5.